The van der Waals surface area contributed by atoms with Gasteiger partial charge in [-0.05, 0) is 25.2 Å². The maximum Gasteiger partial charge on any atom is 0.411 e. The van der Waals surface area contributed by atoms with Crippen LogP contribution in [-0.4, -0.2) is 46.5 Å². The minimum absolute atomic E-state index is 0.0406. The maximum atomic E-state index is 12.0. The van der Waals surface area contributed by atoms with Crippen LogP contribution in [0.15, 0.2) is 0 Å². The van der Waals surface area contributed by atoms with Gasteiger partial charge in [-0.3, -0.25) is 9.69 Å². The predicted octanol–water partition coefficient (Wildman–Crippen LogP) is 1.43. The van der Waals surface area contributed by atoms with Gasteiger partial charge in [0.05, 0.1) is 12.6 Å². The molecule has 106 valence electrons. The van der Waals surface area contributed by atoms with Gasteiger partial charge in [-0.15, -0.1) is 0 Å². The molecule has 0 aromatic heterocycles. The van der Waals surface area contributed by atoms with Crippen LogP contribution >= 0.6 is 0 Å². The van der Waals surface area contributed by atoms with Gasteiger partial charge in [-0.25, -0.2) is 9.59 Å². The second-order valence-electron chi connectivity index (χ2n) is 5.18. The third-order valence-corrected chi connectivity index (χ3v) is 3.92. The van der Waals surface area contributed by atoms with Crippen molar-refractivity contribution in [2.24, 2.45) is 5.92 Å². The van der Waals surface area contributed by atoms with Gasteiger partial charge in [0.2, 0.25) is 0 Å². The first kappa shape index (κ1) is 13.8. The Labute approximate surface area is 111 Å². The Hall–Kier alpha value is -1.59. The van der Waals surface area contributed by atoms with E-state index in [2.05, 4.69) is 0 Å². The monoisotopic (exact) mass is 269 g/mol. The number of piperidine rings is 2. The van der Waals surface area contributed by atoms with Gasteiger partial charge in [0.15, 0.2) is 5.78 Å². The number of ketones is 1. The van der Waals surface area contributed by atoms with E-state index in [4.69, 9.17) is 4.74 Å². The molecule has 2 aliphatic heterocycles. The molecule has 2 saturated heterocycles. The summed E-state index contributed by atoms with van der Waals surface area (Å²) in [5, 5.41) is 9.28. The third kappa shape index (κ3) is 2.57. The quantitative estimate of drug-likeness (QED) is 0.780. The Kier molecular flexibility index (Phi) is 4.07. The van der Waals surface area contributed by atoms with Gasteiger partial charge < -0.3 is 9.84 Å². The van der Waals surface area contributed by atoms with Crippen molar-refractivity contribution < 1.29 is 24.2 Å². The SMILES string of the molecule is CCCCOC(=O)N1[C@H](C(=O)O)[C@@H]2CC[C@H]1C(=O)C2. The van der Waals surface area contributed by atoms with Crippen LogP contribution < -0.4 is 0 Å². The molecule has 3 aliphatic rings. The Morgan fingerprint density at radius 2 is 2.16 bits per heavy atom. The summed E-state index contributed by atoms with van der Waals surface area (Å²) < 4.78 is 5.07. The van der Waals surface area contributed by atoms with Crippen molar-refractivity contribution in [3.8, 4) is 0 Å². The van der Waals surface area contributed by atoms with Crippen LogP contribution in [0.5, 0.6) is 0 Å². The van der Waals surface area contributed by atoms with Crippen molar-refractivity contribution in [2.45, 2.75) is 51.1 Å². The Balaban J connectivity index is 2.12. The zero-order chi connectivity index (χ0) is 14.0. The van der Waals surface area contributed by atoms with Gasteiger partial charge in [0.1, 0.15) is 6.04 Å². The molecule has 3 atom stereocenters. The number of amides is 1. The average Bonchev–Trinajstić information content (AvgIpc) is 2.38. The molecule has 2 heterocycles. The van der Waals surface area contributed by atoms with Crippen molar-refractivity contribution in [1.82, 2.24) is 4.90 Å². The standard InChI is InChI=1S/C13H19NO5/c1-2-3-6-19-13(18)14-9-5-4-8(7-10(9)15)11(14)12(16)17/h8-9,11H,2-7H2,1H3,(H,16,17)/t8-,9+,11+/m1/s1. The number of unbranched alkanes of at least 4 members (excludes halogenated alkanes) is 1. The fourth-order valence-electron chi connectivity index (χ4n) is 2.95. The molecule has 1 amide bonds. The van der Waals surface area contributed by atoms with Crippen molar-refractivity contribution in [1.29, 1.82) is 0 Å². The number of aliphatic carboxylic acids is 1. The number of Topliss-reactive ketones (excluding diaryl/α,β-unsaturated/α-hetero) is 1. The number of hydrogen-bond donors (Lipinski definition) is 1. The molecular weight excluding hydrogens is 250 g/mol. The summed E-state index contributed by atoms with van der Waals surface area (Å²) in [4.78, 5) is 36.3. The van der Waals surface area contributed by atoms with E-state index in [0.29, 0.717) is 12.8 Å². The highest BCUT2D eigenvalue weighted by atomic mass is 16.6. The highest BCUT2D eigenvalue weighted by Gasteiger charge is 2.52. The minimum atomic E-state index is -1.05. The summed E-state index contributed by atoms with van der Waals surface area (Å²) in [5.74, 6) is -1.36. The van der Waals surface area contributed by atoms with Gasteiger partial charge in [0.25, 0.3) is 0 Å². The Morgan fingerprint density at radius 3 is 2.74 bits per heavy atom. The highest BCUT2D eigenvalue weighted by molar-refractivity contribution is 5.93. The lowest BCUT2D eigenvalue weighted by Gasteiger charge is -2.47. The molecule has 0 spiro atoms. The first-order valence-electron chi connectivity index (χ1n) is 6.76. The molecule has 1 N–H and O–H groups in total. The lowest BCUT2D eigenvalue weighted by molar-refractivity contribution is -0.155. The Bertz CT molecular complexity index is 394. The normalized spacial score (nSPS) is 29.4. The molecule has 0 aromatic rings. The minimum Gasteiger partial charge on any atom is -0.480 e. The van der Waals surface area contributed by atoms with E-state index >= 15 is 0 Å². The molecule has 1 saturated carbocycles. The van der Waals surface area contributed by atoms with Crippen molar-refractivity contribution in [3.05, 3.63) is 0 Å². The molecule has 0 aromatic carbocycles. The van der Waals surface area contributed by atoms with Crippen LogP contribution in [0.4, 0.5) is 4.79 Å². The number of rotatable bonds is 4. The van der Waals surface area contributed by atoms with Crippen LogP contribution in [0.1, 0.15) is 39.0 Å². The van der Waals surface area contributed by atoms with Crippen molar-refractivity contribution >= 4 is 17.8 Å². The number of carboxylic acids is 1. The second-order valence-corrected chi connectivity index (χ2v) is 5.18. The first-order chi connectivity index (χ1) is 9.06. The number of fused-ring (bicyclic) bond motifs is 3. The largest absolute Gasteiger partial charge is 0.480 e. The number of hydrogen-bond acceptors (Lipinski definition) is 4. The molecule has 19 heavy (non-hydrogen) atoms. The molecule has 1 aliphatic carbocycles. The van der Waals surface area contributed by atoms with Crippen LogP contribution in [0.25, 0.3) is 0 Å². The number of carbonyl (C=O) groups excluding carboxylic acids is 2. The Morgan fingerprint density at radius 1 is 1.42 bits per heavy atom. The predicted molar refractivity (Wildman–Crippen MR) is 65.7 cm³/mol. The number of carbonyl (C=O) groups is 3. The highest BCUT2D eigenvalue weighted by Crippen LogP contribution is 2.38. The summed E-state index contributed by atoms with van der Waals surface area (Å²) in [6.07, 6.45) is 2.46. The number of ether oxygens (including phenoxy) is 1. The fourth-order valence-corrected chi connectivity index (χ4v) is 2.95. The van der Waals surface area contributed by atoms with E-state index in [1.54, 1.807) is 0 Å². The summed E-state index contributed by atoms with van der Waals surface area (Å²) >= 11 is 0. The summed E-state index contributed by atoms with van der Waals surface area (Å²) in [7, 11) is 0. The maximum absolute atomic E-state index is 12.0. The van der Waals surface area contributed by atoms with Gasteiger partial charge in [-0.2, -0.15) is 0 Å². The second kappa shape index (κ2) is 5.59. The topological polar surface area (TPSA) is 83.9 Å². The molecule has 3 rings (SSSR count). The smallest absolute Gasteiger partial charge is 0.411 e. The summed E-state index contributed by atoms with van der Waals surface area (Å²) in [6.45, 7) is 2.24. The van der Waals surface area contributed by atoms with Crippen molar-refractivity contribution in [3.63, 3.8) is 0 Å². The van der Waals surface area contributed by atoms with Crippen LogP contribution in [0.2, 0.25) is 0 Å². The van der Waals surface area contributed by atoms with Gasteiger partial charge >= 0.3 is 12.1 Å². The zero-order valence-corrected chi connectivity index (χ0v) is 11.0. The van der Waals surface area contributed by atoms with E-state index in [9.17, 15) is 19.5 Å². The average molecular weight is 269 g/mol. The summed E-state index contributed by atoms with van der Waals surface area (Å²) in [6, 6.07) is -1.52. The lowest BCUT2D eigenvalue weighted by atomic mass is 9.74. The van der Waals surface area contributed by atoms with Crippen LogP contribution in [0.3, 0.4) is 0 Å². The van der Waals surface area contributed by atoms with Crippen LogP contribution in [-0.2, 0) is 14.3 Å². The molecule has 0 unspecified atom stereocenters. The van der Waals surface area contributed by atoms with E-state index < -0.39 is 24.1 Å². The molecule has 2 bridgehead atoms. The number of carboxylic acid groups (broad SMARTS) is 1. The molecule has 3 fully saturated rings. The number of nitrogens with zero attached hydrogens (tertiary/aromatic N) is 1. The fraction of sp³-hybridized carbons (Fsp3) is 0.769. The molecule has 6 heteroatoms. The summed E-state index contributed by atoms with van der Waals surface area (Å²) in [5.41, 5.74) is 0. The molecule has 6 nitrogen and oxygen atoms in total. The van der Waals surface area contributed by atoms with E-state index in [-0.39, 0.29) is 24.7 Å². The third-order valence-electron chi connectivity index (χ3n) is 3.92. The van der Waals surface area contributed by atoms with Gasteiger partial charge in [0, 0.05) is 6.42 Å². The lowest BCUT2D eigenvalue weighted by Crippen LogP contribution is -2.64. The first-order valence-corrected chi connectivity index (χ1v) is 6.76. The van der Waals surface area contributed by atoms with Crippen molar-refractivity contribution in [2.75, 3.05) is 6.61 Å². The van der Waals surface area contributed by atoms with Crippen LogP contribution in [0, 0.1) is 5.92 Å². The zero-order valence-electron chi connectivity index (χ0n) is 11.0. The van der Waals surface area contributed by atoms with E-state index in [0.717, 1.165) is 17.7 Å². The molecular formula is C13H19NO5. The van der Waals surface area contributed by atoms with E-state index in [1.165, 1.54) is 0 Å². The van der Waals surface area contributed by atoms with Gasteiger partial charge in [-0.1, -0.05) is 13.3 Å². The van der Waals surface area contributed by atoms with E-state index in [1.807, 2.05) is 6.92 Å². The molecule has 0 radical (unpaired) electrons.